The van der Waals surface area contributed by atoms with E-state index in [1.54, 1.807) is 0 Å². The van der Waals surface area contributed by atoms with E-state index in [1.165, 1.54) is 4.31 Å². The van der Waals surface area contributed by atoms with Gasteiger partial charge in [0.25, 0.3) is 10.2 Å². The number of nitrogens with two attached hydrogens (primary N) is 1. The zero-order chi connectivity index (χ0) is 13.1. The molecule has 3 N–H and O–H groups in total. The van der Waals surface area contributed by atoms with Crippen LogP contribution in [-0.4, -0.2) is 36.3 Å². The predicted molar refractivity (Wildman–Crippen MR) is 72.9 cm³/mol. The van der Waals surface area contributed by atoms with Crippen LogP contribution < -0.4 is 10.5 Å². The monoisotopic (exact) mass is 279 g/mol. The first kappa shape index (κ1) is 14.8. The molecule has 0 spiro atoms. The lowest BCUT2D eigenvalue weighted by molar-refractivity contribution is 0.264. The van der Waals surface area contributed by atoms with Crippen molar-refractivity contribution >= 4 is 27.4 Å². The molecule has 1 heterocycles. The first-order chi connectivity index (χ1) is 7.88. The number of nitrogens with one attached hydrogen (secondary N) is 1. The molecule has 0 aromatic carbocycles. The molecule has 0 saturated carbocycles. The Morgan fingerprint density at radius 3 is 2.71 bits per heavy atom. The molecule has 0 radical (unpaired) electrons. The van der Waals surface area contributed by atoms with Crippen molar-refractivity contribution in [3.8, 4) is 0 Å². The number of nitrogens with zero attached hydrogens (tertiary/aromatic N) is 1. The van der Waals surface area contributed by atoms with Gasteiger partial charge in [0.05, 0.1) is 11.0 Å². The molecule has 1 fully saturated rings. The smallest absolute Gasteiger partial charge is 0.280 e. The Kier molecular flexibility index (Phi) is 5.30. The van der Waals surface area contributed by atoms with Crippen molar-refractivity contribution in [3.63, 3.8) is 0 Å². The highest BCUT2D eigenvalue weighted by molar-refractivity contribution is 7.87. The summed E-state index contributed by atoms with van der Waals surface area (Å²) in [5.41, 5.74) is 5.50. The van der Waals surface area contributed by atoms with Crippen LogP contribution in [0.4, 0.5) is 0 Å². The lowest BCUT2D eigenvalue weighted by atomic mass is 10.1. The Morgan fingerprint density at radius 1 is 1.59 bits per heavy atom. The van der Waals surface area contributed by atoms with Gasteiger partial charge in [0.2, 0.25) is 0 Å². The predicted octanol–water partition coefficient (Wildman–Crippen LogP) is 0.760. The van der Waals surface area contributed by atoms with Crippen LogP contribution in [0.15, 0.2) is 0 Å². The molecule has 0 amide bonds. The molecular formula is C10H21N3O2S2. The van der Waals surface area contributed by atoms with Gasteiger partial charge in [-0.25, -0.2) is 0 Å². The normalized spacial score (nSPS) is 24.5. The molecule has 1 rings (SSSR count). The SMILES string of the molecule is CCC(NS(=O)(=O)N1CCCCC1C)C(N)=S. The minimum absolute atomic E-state index is 0.0464. The molecule has 2 atom stereocenters. The largest absolute Gasteiger partial charge is 0.392 e. The van der Waals surface area contributed by atoms with Crippen molar-refractivity contribution in [2.75, 3.05) is 6.54 Å². The number of hydrogen-bond acceptors (Lipinski definition) is 3. The van der Waals surface area contributed by atoms with Gasteiger partial charge in [0, 0.05) is 12.6 Å². The first-order valence-corrected chi connectivity index (χ1v) is 7.81. The van der Waals surface area contributed by atoms with Crippen LogP contribution in [-0.2, 0) is 10.2 Å². The highest BCUT2D eigenvalue weighted by Gasteiger charge is 2.31. The van der Waals surface area contributed by atoms with E-state index in [9.17, 15) is 8.42 Å². The average Bonchev–Trinajstić information content (AvgIpc) is 2.26. The molecule has 1 aliphatic heterocycles. The van der Waals surface area contributed by atoms with Crippen molar-refractivity contribution in [2.45, 2.75) is 51.6 Å². The highest BCUT2D eigenvalue weighted by atomic mass is 32.2. The zero-order valence-electron chi connectivity index (χ0n) is 10.3. The maximum Gasteiger partial charge on any atom is 0.280 e. The minimum Gasteiger partial charge on any atom is -0.392 e. The standard InChI is InChI=1S/C10H21N3O2S2/c1-3-9(10(11)16)12-17(14,15)13-7-5-4-6-8(13)2/h8-9,12H,3-7H2,1-2H3,(H2,11,16). The number of rotatable bonds is 5. The van der Waals surface area contributed by atoms with Crippen molar-refractivity contribution < 1.29 is 8.42 Å². The van der Waals surface area contributed by atoms with Crippen molar-refractivity contribution in [1.82, 2.24) is 9.03 Å². The Balaban J connectivity index is 2.76. The number of hydrogen-bond donors (Lipinski definition) is 2. The fourth-order valence-corrected chi connectivity index (χ4v) is 4.06. The van der Waals surface area contributed by atoms with Gasteiger partial charge in [-0.05, 0) is 26.2 Å². The summed E-state index contributed by atoms with van der Waals surface area (Å²) >= 11 is 4.85. The van der Waals surface area contributed by atoms with Crippen molar-refractivity contribution in [1.29, 1.82) is 0 Å². The lowest BCUT2D eigenvalue weighted by Gasteiger charge is -2.33. The second-order valence-electron chi connectivity index (χ2n) is 4.44. The number of piperidine rings is 1. The van der Waals surface area contributed by atoms with Crippen LogP contribution >= 0.6 is 12.2 Å². The average molecular weight is 279 g/mol. The Labute approximate surface area is 109 Å². The molecule has 7 heteroatoms. The summed E-state index contributed by atoms with van der Waals surface area (Å²) in [6, 6.07) is -0.408. The van der Waals surface area contributed by atoms with E-state index in [-0.39, 0.29) is 11.0 Å². The lowest BCUT2D eigenvalue weighted by Crippen LogP contribution is -2.53. The van der Waals surface area contributed by atoms with Gasteiger partial charge in [0.1, 0.15) is 0 Å². The molecule has 0 aromatic rings. The van der Waals surface area contributed by atoms with E-state index in [2.05, 4.69) is 4.72 Å². The fraction of sp³-hybridized carbons (Fsp3) is 0.900. The molecule has 1 aliphatic rings. The van der Waals surface area contributed by atoms with E-state index in [4.69, 9.17) is 18.0 Å². The maximum atomic E-state index is 12.2. The zero-order valence-corrected chi connectivity index (χ0v) is 12.0. The van der Waals surface area contributed by atoms with Gasteiger partial charge in [-0.3, -0.25) is 0 Å². The van der Waals surface area contributed by atoms with Crippen LogP contribution in [0.5, 0.6) is 0 Å². The summed E-state index contributed by atoms with van der Waals surface area (Å²) in [4.78, 5) is 0.195. The molecule has 0 aliphatic carbocycles. The van der Waals surface area contributed by atoms with Gasteiger partial charge in [-0.15, -0.1) is 0 Å². The third kappa shape index (κ3) is 3.87. The minimum atomic E-state index is -3.47. The maximum absolute atomic E-state index is 12.2. The summed E-state index contributed by atoms with van der Waals surface area (Å²) in [5.74, 6) is 0. The van der Waals surface area contributed by atoms with Gasteiger partial charge in [0.15, 0.2) is 0 Å². The van der Waals surface area contributed by atoms with E-state index >= 15 is 0 Å². The fourth-order valence-electron chi connectivity index (χ4n) is 2.02. The quantitative estimate of drug-likeness (QED) is 0.729. The van der Waals surface area contributed by atoms with Gasteiger partial charge >= 0.3 is 0 Å². The summed E-state index contributed by atoms with van der Waals surface area (Å²) in [5, 5.41) is 0. The van der Waals surface area contributed by atoms with Gasteiger partial charge in [-0.1, -0.05) is 25.6 Å². The summed E-state index contributed by atoms with van der Waals surface area (Å²) < 4.78 is 28.4. The van der Waals surface area contributed by atoms with Crippen LogP contribution in [0.25, 0.3) is 0 Å². The third-order valence-corrected chi connectivity index (χ3v) is 5.12. The second kappa shape index (κ2) is 6.08. The molecule has 2 unspecified atom stereocenters. The van der Waals surface area contributed by atoms with Gasteiger partial charge in [-0.2, -0.15) is 17.4 Å². The molecule has 0 aromatic heterocycles. The summed E-state index contributed by atoms with van der Waals surface area (Å²) in [7, 11) is -3.47. The van der Waals surface area contributed by atoms with Gasteiger partial charge < -0.3 is 5.73 Å². The second-order valence-corrected chi connectivity index (χ2v) is 6.57. The third-order valence-electron chi connectivity index (χ3n) is 3.09. The highest BCUT2D eigenvalue weighted by Crippen LogP contribution is 2.19. The molecule has 1 saturated heterocycles. The van der Waals surface area contributed by atoms with Crippen LogP contribution in [0.2, 0.25) is 0 Å². The molecule has 100 valence electrons. The Bertz CT molecular complexity index is 370. The van der Waals surface area contributed by atoms with E-state index < -0.39 is 16.3 Å². The molecular weight excluding hydrogens is 258 g/mol. The Morgan fingerprint density at radius 2 is 2.24 bits per heavy atom. The van der Waals surface area contributed by atoms with E-state index in [0.29, 0.717) is 13.0 Å². The van der Waals surface area contributed by atoms with Crippen molar-refractivity contribution in [2.24, 2.45) is 5.73 Å². The molecule has 17 heavy (non-hydrogen) atoms. The van der Waals surface area contributed by atoms with Crippen LogP contribution in [0, 0.1) is 0 Å². The topological polar surface area (TPSA) is 75.4 Å². The van der Waals surface area contributed by atoms with Crippen LogP contribution in [0.1, 0.15) is 39.5 Å². The molecule has 0 bridgehead atoms. The Hall–Kier alpha value is -0.240. The van der Waals surface area contributed by atoms with Crippen LogP contribution in [0.3, 0.4) is 0 Å². The number of thiocarbonyl (C=S) groups is 1. The van der Waals surface area contributed by atoms with E-state index in [0.717, 1.165) is 19.3 Å². The van der Waals surface area contributed by atoms with E-state index in [1.807, 2.05) is 13.8 Å². The summed E-state index contributed by atoms with van der Waals surface area (Å²) in [6.07, 6.45) is 3.47. The molecule has 5 nitrogen and oxygen atoms in total. The van der Waals surface area contributed by atoms with Crippen molar-refractivity contribution in [3.05, 3.63) is 0 Å². The first-order valence-electron chi connectivity index (χ1n) is 5.97. The summed E-state index contributed by atoms with van der Waals surface area (Å²) in [6.45, 7) is 4.36.